The number of hydrogen-bond donors (Lipinski definition) is 0. The van der Waals surface area contributed by atoms with Crippen molar-refractivity contribution in [3.05, 3.63) is 70.3 Å². The van der Waals surface area contributed by atoms with Gasteiger partial charge in [-0.15, -0.1) is 0 Å². The van der Waals surface area contributed by atoms with Crippen LogP contribution in [0.25, 0.3) is 0 Å². The van der Waals surface area contributed by atoms with Crippen LogP contribution in [0.3, 0.4) is 0 Å². The quantitative estimate of drug-likeness (QED) is 0.696. The fraction of sp³-hybridized carbons (Fsp3) is 0.368. The van der Waals surface area contributed by atoms with E-state index in [9.17, 15) is 0 Å². The normalized spacial score (nSPS) is 31.3. The molecule has 0 spiro atoms. The van der Waals surface area contributed by atoms with Gasteiger partial charge in [-0.05, 0) is 59.2 Å². The van der Waals surface area contributed by atoms with Crippen molar-refractivity contribution in [2.45, 2.75) is 45.3 Å². The fourth-order valence-corrected chi connectivity index (χ4v) is 2.15. The first kappa shape index (κ1) is 6.26. The fourth-order valence-electron chi connectivity index (χ4n) is 2.15. The molecule has 0 heterocycles. The third-order valence-corrected chi connectivity index (χ3v) is 3.25. The van der Waals surface area contributed by atoms with Gasteiger partial charge in [-0.3, -0.25) is 0 Å². The molecule has 0 amide bonds. The highest BCUT2D eigenvalue weighted by atomic mass is 14.1. The molecular formula is C19H22. The van der Waals surface area contributed by atoms with Crippen LogP contribution in [-0.2, 0) is 25.5 Å². The molecule has 0 saturated heterocycles. The van der Waals surface area contributed by atoms with Crippen molar-refractivity contribution in [1.82, 2.24) is 0 Å². The van der Waals surface area contributed by atoms with Gasteiger partial charge < -0.3 is 0 Å². The summed E-state index contributed by atoms with van der Waals surface area (Å²) in [7, 11) is 0. The first-order chi connectivity index (χ1) is 12.2. The topological polar surface area (TPSA) is 0 Å². The van der Waals surface area contributed by atoms with Crippen molar-refractivity contribution < 1.29 is 11.0 Å². The molecule has 0 aliphatic heterocycles. The molecule has 0 aromatic heterocycles. The smallest absolute Gasteiger partial charge is 0.0319 e. The van der Waals surface area contributed by atoms with Crippen molar-refractivity contribution in [2.75, 3.05) is 0 Å². The molecule has 98 valence electrons. The third kappa shape index (κ3) is 2.73. The standard InChI is InChI=1S/C19H22/c1-14(2)19-13-17-8-7-15-3-5-16(6-4-15)9-11-18(19)12-10-17/h3-6,10,12-14H,7-9,11H2,1-2H3/i7D2,8D2,9D2,11D2. The predicted molar refractivity (Wildman–Crippen MR) is 81.8 cm³/mol. The third-order valence-electron chi connectivity index (χ3n) is 3.25. The van der Waals surface area contributed by atoms with Gasteiger partial charge in [0.2, 0.25) is 0 Å². The van der Waals surface area contributed by atoms with Crippen LogP contribution in [0.15, 0.2) is 42.5 Å². The Labute approximate surface area is 127 Å². The summed E-state index contributed by atoms with van der Waals surface area (Å²) in [5.74, 6) is -0.184. The molecule has 0 saturated carbocycles. The van der Waals surface area contributed by atoms with Crippen molar-refractivity contribution >= 4 is 0 Å². The lowest BCUT2D eigenvalue weighted by atomic mass is 9.89. The number of rotatable bonds is 1. The number of benzene rings is 2. The molecule has 0 fully saturated rings. The van der Waals surface area contributed by atoms with E-state index in [1.165, 1.54) is 42.5 Å². The molecule has 0 radical (unpaired) electrons. The number of hydrogen-bond acceptors (Lipinski definition) is 0. The molecular weight excluding hydrogens is 228 g/mol. The van der Waals surface area contributed by atoms with Gasteiger partial charge in [-0.2, -0.15) is 0 Å². The highest BCUT2D eigenvalue weighted by Gasteiger charge is 2.09. The van der Waals surface area contributed by atoms with E-state index in [2.05, 4.69) is 0 Å². The van der Waals surface area contributed by atoms with E-state index < -0.39 is 25.5 Å². The Bertz CT molecular complexity index is 866. The molecule has 0 unspecified atom stereocenters. The zero-order valence-electron chi connectivity index (χ0n) is 19.1. The van der Waals surface area contributed by atoms with Gasteiger partial charge in [0.1, 0.15) is 0 Å². The Kier molecular flexibility index (Phi) is 1.71. The summed E-state index contributed by atoms with van der Waals surface area (Å²) in [5, 5.41) is 0. The first-order valence-corrected chi connectivity index (χ1v) is 6.50. The van der Waals surface area contributed by atoms with Crippen LogP contribution in [0.4, 0.5) is 0 Å². The Hall–Kier alpha value is -1.56. The molecule has 0 N–H and O–H groups in total. The first-order valence-electron chi connectivity index (χ1n) is 10.5. The molecule has 0 nitrogen and oxygen atoms in total. The average molecular weight is 258 g/mol. The van der Waals surface area contributed by atoms with E-state index in [1.54, 1.807) is 0 Å². The lowest BCUT2D eigenvalue weighted by molar-refractivity contribution is 0.818. The molecule has 0 heteroatoms. The number of aryl methyl sites for hydroxylation is 4. The lowest BCUT2D eigenvalue weighted by Gasteiger charge is -2.16. The molecule has 2 aromatic rings. The summed E-state index contributed by atoms with van der Waals surface area (Å²) < 4.78 is 68.0. The van der Waals surface area contributed by atoms with Gasteiger partial charge in [0.05, 0.1) is 0 Å². The Morgan fingerprint density at radius 2 is 1.32 bits per heavy atom. The highest BCUT2D eigenvalue weighted by molar-refractivity contribution is 5.36. The van der Waals surface area contributed by atoms with E-state index >= 15 is 0 Å². The van der Waals surface area contributed by atoms with Gasteiger partial charge in [0.25, 0.3) is 0 Å². The Morgan fingerprint density at radius 1 is 0.789 bits per heavy atom. The molecule has 2 aromatic carbocycles. The summed E-state index contributed by atoms with van der Waals surface area (Å²) in [6.45, 7) is 3.66. The predicted octanol–water partition coefficient (Wildman–Crippen LogP) is 4.69. The lowest BCUT2D eigenvalue weighted by Crippen LogP contribution is -2.03. The van der Waals surface area contributed by atoms with Crippen LogP contribution in [0.5, 0.6) is 0 Å². The summed E-state index contributed by atoms with van der Waals surface area (Å²) in [6.07, 6.45) is -9.38. The van der Waals surface area contributed by atoms with E-state index in [4.69, 9.17) is 11.0 Å². The van der Waals surface area contributed by atoms with Crippen molar-refractivity contribution in [2.24, 2.45) is 0 Å². The second kappa shape index (κ2) is 5.21. The maximum absolute atomic E-state index is 8.58. The van der Waals surface area contributed by atoms with E-state index in [1.807, 2.05) is 13.8 Å². The molecule has 6 rings (SSSR count). The van der Waals surface area contributed by atoms with Crippen molar-refractivity contribution in [3.63, 3.8) is 0 Å². The van der Waals surface area contributed by atoms with E-state index in [-0.39, 0.29) is 28.2 Å². The van der Waals surface area contributed by atoms with Crippen LogP contribution in [-0.4, -0.2) is 0 Å². The molecule has 19 heavy (non-hydrogen) atoms. The maximum atomic E-state index is 8.58. The van der Waals surface area contributed by atoms with Crippen LogP contribution in [0.1, 0.15) is 58.5 Å². The van der Waals surface area contributed by atoms with Crippen LogP contribution in [0, 0.1) is 0 Å². The van der Waals surface area contributed by atoms with E-state index in [0.29, 0.717) is 5.56 Å². The van der Waals surface area contributed by atoms with Crippen LogP contribution >= 0.6 is 0 Å². The summed E-state index contributed by atoms with van der Waals surface area (Å²) in [5.41, 5.74) is 0.930. The van der Waals surface area contributed by atoms with Gasteiger partial charge in [-0.25, -0.2) is 0 Å². The average Bonchev–Trinajstić information content (AvgIpc) is 2.60. The van der Waals surface area contributed by atoms with E-state index in [0.717, 1.165) is 0 Å². The van der Waals surface area contributed by atoms with Gasteiger partial charge >= 0.3 is 0 Å². The molecule has 0 atom stereocenters. The minimum atomic E-state index is -2.35. The summed E-state index contributed by atoms with van der Waals surface area (Å²) in [4.78, 5) is 0. The second-order valence-electron chi connectivity index (χ2n) is 5.03. The van der Waals surface area contributed by atoms with Crippen molar-refractivity contribution in [3.8, 4) is 0 Å². The van der Waals surface area contributed by atoms with Gasteiger partial charge in [0.15, 0.2) is 0 Å². The largest absolute Gasteiger partial charge is 0.0588 e. The maximum Gasteiger partial charge on any atom is 0.0319 e. The zero-order valence-corrected chi connectivity index (χ0v) is 11.1. The Morgan fingerprint density at radius 3 is 1.95 bits per heavy atom. The van der Waals surface area contributed by atoms with Gasteiger partial charge in [0, 0.05) is 11.0 Å². The van der Waals surface area contributed by atoms with Gasteiger partial charge in [-0.1, -0.05) is 56.3 Å². The molecule has 4 aliphatic rings. The molecule has 4 aliphatic carbocycles. The SMILES string of the molecule is [2H]C1([2H])c2ccc(cc2)C([2H])([2H])C([2H])([2H])c2ccc(cc2C(C)C)C1([2H])[2H]. The minimum absolute atomic E-state index is 0.0864. The second-order valence-corrected chi connectivity index (χ2v) is 5.03. The summed E-state index contributed by atoms with van der Waals surface area (Å²) >= 11 is 0. The van der Waals surface area contributed by atoms with Crippen LogP contribution < -0.4 is 0 Å². The highest BCUT2D eigenvalue weighted by Crippen LogP contribution is 2.24. The summed E-state index contributed by atoms with van der Waals surface area (Å²) in [6, 6.07) is 9.66. The van der Waals surface area contributed by atoms with Crippen molar-refractivity contribution in [1.29, 1.82) is 0 Å². The molecule has 4 bridgehead atoms. The monoisotopic (exact) mass is 258 g/mol. The Balaban J connectivity index is 2.44. The van der Waals surface area contributed by atoms with Crippen LogP contribution in [0.2, 0.25) is 0 Å². The zero-order chi connectivity index (χ0) is 20.4. The minimum Gasteiger partial charge on any atom is -0.0588 e.